The third-order valence-corrected chi connectivity index (χ3v) is 14.2. The van der Waals surface area contributed by atoms with Crippen LogP contribution < -0.4 is 0 Å². The van der Waals surface area contributed by atoms with E-state index in [1.165, 1.54) is 27.0 Å². The van der Waals surface area contributed by atoms with E-state index in [0.29, 0.717) is 34.3 Å². The Kier molecular flexibility index (Phi) is 22.6. The van der Waals surface area contributed by atoms with Gasteiger partial charge in [0.05, 0.1) is 47.5 Å². The summed E-state index contributed by atoms with van der Waals surface area (Å²) in [6, 6.07) is 0. The predicted molar refractivity (Wildman–Crippen MR) is 268 cm³/mol. The van der Waals surface area contributed by atoms with Crippen LogP contribution in [-0.4, -0.2) is 148 Å². The van der Waals surface area contributed by atoms with Crippen LogP contribution in [-0.2, 0) is 53.9 Å². The molecule has 2 saturated heterocycles. The average molecular weight is 1060 g/mol. The Morgan fingerprint density at radius 2 is 1.58 bits per heavy atom. The van der Waals surface area contributed by atoms with E-state index < -0.39 is 122 Å². The second-order valence-corrected chi connectivity index (χ2v) is 20.4. The van der Waals surface area contributed by atoms with Gasteiger partial charge in [0.2, 0.25) is 0 Å². The second-order valence-electron chi connectivity index (χ2n) is 19.6. The first-order chi connectivity index (χ1) is 33.7. The van der Waals surface area contributed by atoms with Gasteiger partial charge in [0.15, 0.2) is 24.8 Å². The molecule has 0 aromatic heterocycles. The number of carbonyl (C=O) groups is 3. The fourth-order valence-electron chi connectivity index (χ4n) is 8.75. The van der Waals surface area contributed by atoms with Crippen LogP contribution in [0.25, 0.3) is 0 Å². The molecule has 3 heterocycles. The molecule has 0 spiro atoms. The number of aliphatic hydroxyl groups is 5. The van der Waals surface area contributed by atoms with Crippen molar-refractivity contribution in [2.24, 2.45) is 11.8 Å². The molecule has 0 saturated carbocycles. The summed E-state index contributed by atoms with van der Waals surface area (Å²) >= 11 is 12.8. The van der Waals surface area contributed by atoms with Crippen LogP contribution in [0.15, 0.2) is 58.7 Å². The minimum Gasteiger partial charge on any atom is -0.505 e. The molecule has 0 bridgehead atoms. The molecule has 72 heavy (non-hydrogen) atoms. The van der Waals surface area contributed by atoms with Crippen molar-refractivity contribution in [1.82, 2.24) is 0 Å². The monoisotopic (exact) mass is 1050 g/mol. The number of phenols is 1. The molecule has 0 aliphatic carbocycles. The first kappa shape index (κ1) is 60.9. The number of aromatic hydroxyl groups is 1. The van der Waals surface area contributed by atoms with Crippen LogP contribution in [0.4, 0.5) is 0 Å². The van der Waals surface area contributed by atoms with Crippen LogP contribution in [0.1, 0.15) is 117 Å². The van der Waals surface area contributed by atoms with Gasteiger partial charge in [0.25, 0.3) is 0 Å². The van der Waals surface area contributed by atoms with Gasteiger partial charge in [-0.1, -0.05) is 86.9 Å². The smallest absolute Gasteiger partial charge is 0.342 e. The van der Waals surface area contributed by atoms with Crippen LogP contribution in [0.3, 0.4) is 0 Å². The predicted octanol–water partition coefficient (Wildman–Crippen LogP) is 6.84. The molecule has 4 rings (SSSR count). The normalized spacial score (nSPS) is 34.8. The van der Waals surface area contributed by atoms with Crippen molar-refractivity contribution in [3.8, 4) is 5.75 Å². The highest BCUT2D eigenvalue weighted by atomic mass is 35.5. The fourth-order valence-corrected chi connectivity index (χ4v) is 9.31. The molecule has 1 aromatic rings. The molecule has 19 heteroatoms. The summed E-state index contributed by atoms with van der Waals surface area (Å²) in [7, 11) is 1.29. The number of cyclic esters (lactones) is 1. The van der Waals surface area contributed by atoms with Crippen molar-refractivity contribution in [2.45, 2.75) is 194 Å². The number of methoxy groups -OCH3 is 1. The molecule has 2 fully saturated rings. The van der Waals surface area contributed by atoms with E-state index in [4.69, 9.17) is 61.1 Å². The van der Waals surface area contributed by atoms with Gasteiger partial charge in [-0.25, -0.2) is 9.59 Å². The molecule has 3 aliphatic rings. The van der Waals surface area contributed by atoms with Crippen LogP contribution in [0.2, 0.25) is 10.0 Å². The topological polar surface area (TPSA) is 246 Å². The van der Waals surface area contributed by atoms with Gasteiger partial charge in [-0.3, -0.25) is 4.79 Å². The Morgan fingerprint density at radius 3 is 2.18 bits per heavy atom. The zero-order valence-corrected chi connectivity index (χ0v) is 45.1. The van der Waals surface area contributed by atoms with E-state index in [0.717, 1.165) is 0 Å². The highest BCUT2D eigenvalue weighted by molar-refractivity contribution is 6.38. The van der Waals surface area contributed by atoms with Crippen molar-refractivity contribution >= 4 is 41.1 Å². The molecule has 3 aliphatic heterocycles. The first-order valence-electron chi connectivity index (χ1n) is 24.4. The maximum Gasteiger partial charge on any atom is 0.342 e. The summed E-state index contributed by atoms with van der Waals surface area (Å²) < 4.78 is 47.7. The van der Waals surface area contributed by atoms with Crippen LogP contribution in [0, 0.1) is 18.8 Å². The van der Waals surface area contributed by atoms with Crippen molar-refractivity contribution in [1.29, 1.82) is 0 Å². The lowest BCUT2D eigenvalue weighted by atomic mass is 9.88. The Bertz CT molecular complexity index is 2210. The summed E-state index contributed by atoms with van der Waals surface area (Å²) in [5, 5.41) is 67.3. The van der Waals surface area contributed by atoms with E-state index in [-0.39, 0.29) is 46.4 Å². The van der Waals surface area contributed by atoms with Crippen LogP contribution >= 0.6 is 23.2 Å². The summed E-state index contributed by atoms with van der Waals surface area (Å²) in [5.74, 6) is -3.78. The fraction of sp³-hybridized carbons (Fsp3) is 0.642. The second kappa shape index (κ2) is 26.7. The molecular weight excluding hydrogens is 979 g/mol. The highest BCUT2D eigenvalue weighted by Gasteiger charge is 2.53. The Balaban J connectivity index is 1.61. The largest absolute Gasteiger partial charge is 0.505 e. The minimum atomic E-state index is -1.60. The lowest BCUT2D eigenvalue weighted by molar-refractivity contribution is -0.333. The van der Waals surface area contributed by atoms with Gasteiger partial charge >= 0.3 is 17.9 Å². The molecule has 5 unspecified atom stereocenters. The van der Waals surface area contributed by atoms with Crippen molar-refractivity contribution in [3.63, 3.8) is 0 Å². The zero-order chi connectivity index (χ0) is 54.1. The third-order valence-electron chi connectivity index (χ3n) is 13.2. The van der Waals surface area contributed by atoms with Gasteiger partial charge in [-0.2, -0.15) is 0 Å². The van der Waals surface area contributed by atoms with E-state index in [1.54, 1.807) is 66.7 Å². The lowest BCUT2D eigenvalue weighted by Gasteiger charge is -2.47. The maximum atomic E-state index is 14.0. The summed E-state index contributed by atoms with van der Waals surface area (Å²) in [6.45, 7) is 19.9. The Hall–Kier alpha value is -3.69. The number of halogens is 2. The maximum absolute atomic E-state index is 14.0. The van der Waals surface area contributed by atoms with Crippen molar-refractivity contribution < 1.29 is 82.9 Å². The number of esters is 3. The summed E-state index contributed by atoms with van der Waals surface area (Å²) in [6.07, 6.45) is -4.88. The summed E-state index contributed by atoms with van der Waals surface area (Å²) in [5.41, 5.74) is 1.17. The lowest BCUT2D eigenvalue weighted by Crippen LogP contribution is -2.64. The average Bonchev–Trinajstić information content (AvgIpc) is 3.32. The zero-order valence-electron chi connectivity index (χ0n) is 43.6. The number of allylic oxidation sites excluding steroid dienone is 4. The molecule has 1 aromatic carbocycles. The van der Waals surface area contributed by atoms with Gasteiger partial charge in [-0.05, 0) is 103 Å². The van der Waals surface area contributed by atoms with Crippen LogP contribution in [0.5, 0.6) is 5.75 Å². The number of rotatable bonds is 13. The van der Waals surface area contributed by atoms with Gasteiger partial charge in [-0.15, -0.1) is 0 Å². The number of phenolic OH excluding ortho intramolecular Hbond substituents is 1. The molecule has 0 radical (unpaired) electrons. The van der Waals surface area contributed by atoms with E-state index in [2.05, 4.69) is 0 Å². The molecule has 6 N–H and O–H groups in total. The van der Waals surface area contributed by atoms with Gasteiger partial charge in [0, 0.05) is 24.5 Å². The summed E-state index contributed by atoms with van der Waals surface area (Å²) in [4.78, 5) is 40.1. The number of hydrogen-bond donors (Lipinski definition) is 6. The molecule has 0 amide bonds. The van der Waals surface area contributed by atoms with E-state index in [9.17, 15) is 45.0 Å². The first-order valence-corrected chi connectivity index (χ1v) is 25.2. The standard InChI is InChI=1S/C53H76Cl2O17/c1-14-32-23-27(6)35(57)19-17-16-18-33(24-66-52-46(65-13)43(61)45(31(10)67-52)69-50(64)37-34(15-2)38(54)29(8)39(55)40(37)58)49(63)68-36(30(9)56)21-20-26(5)22-28(7)44(32)70-51-42(60)41(59)47(53(11,12)72-51)71-48(62)25(3)4/h16-18,20,22-23,25,30-32,35-36,41-47,51-52,56-61H,14-15,19,21,24H2,1-13H3/b17-16+,26-20+,27-23+,28-22+,33-18+/t30?,31-,32?,35?,36?,41-,42+,43+,44?,45-,46+,47+,51-,52-/m1/s1. The van der Waals surface area contributed by atoms with Crippen molar-refractivity contribution in [2.75, 3.05) is 13.7 Å². The third kappa shape index (κ3) is 14.8. The van der Waals surface area contributed by atoms with Gasteiger partial charge in [0.1, 0.15) is 47.4 Å². The Labute approximate surface area is 433 Å². The Morgan fingerprint density at radius 1 is 0.917 bits per heavy atom. The van der Waals surface area contributed by atoms with Gasteiger partial charge < -0.3 is 68.5 Å². The van der Waals surface area contributed by atoms with E-state index in [1.807, 2.05) is 32.9 Å². The minimum absolute atomic E-state index is 0.0167. The number of carbonyl (C=O) groups excluding carboxylic acids is 3. The van der Waals surface area contributed by atoms with Crippen molar-refractivity contribution in [3.05, 3.63) is 85.5 Å². The van der Waals surface area contributed by atoms with E-state index >= 15 is 0 Å². The molecule has 17 nitrogen and oxygen atoms in total. The quantitative estimate of drug-likeness (QED) is 0.0673. The number of ether oxygens (including phenoxy) is 8. The molecule has 14 atom stereocenters. The molecule has 404 valence electrons. The molecular formula is C53H76Cl2O17. The number of hydrogen-bond acceptors (Lipinski definition) is 17. The SMILES string of the molecule is CCc1c(Cl)c(C)c(Cl)c(O)c1C(=O)O[C@H]1[C@H](O)[C@H](OC)[C@H](OC/C2=C\C=C\CC(O)/C(C)=C/C(CC)C(O[C@@H]3OC(C)(C)[C@@H](OC(=O)C(C)C)[C@H](O)[C@@H]3O)/C(C)=C/C(C)=C/CC(C(C)O)OC2=O)O[C@@H]1C. The highest BCUT2D eigenvalue weighted by Crippen LogP contribution is 2.41. The number of benzene rings is 1. The number of aliphatic hydroxyl groups excluding tert-OH is 5.